The minimum atomic E-state index is -1.59. The van der Waals surface area contributed by atoms with Gasteiger partial charge in [0, 0.05) is 0 Å². The van der Waals surface area contributed by atoms with Crippen molar-refractivity contribution in [1.82, 2.24) is 0 Å². The minimum Gasteiger partial charge on any atom is -0.391 e. The molecular formula is C11H12F4O2. The molecule has 1 N–H and O–H groups in total. The Hall–Kier alpha value is -1.14. The van der Waals surface area contributed by atoms with Crippen LogP contribution in [0.5, 0.6) is 0 Å². The topological polar surface area (TPSA) is 29.5 Å². The van der Waals surface area contributed by atoms with Crippen molar-refractivity contribution in [3.05, 3.63) is 34.4 Å². The van der Waals surface area contributed by atoms with Gasteiger partial charge in [0.2, 0.25) is 0 Å². The Morgan fingerprint density at radius 3 is 1.71 bits per heavy atom. The molecule has 17 heavy (non-hydrogen) atoms. The lowest BCUT2D eigenvalue weighted by atomic mass is 10.1. The SMILES string of the molecule is CC(C)OCc1c(F)c(F)c(CO)c(F)c1F. The van der Waals surface area contributed by atoms with Gasteiger partial charge >= 0.3 is 0 Å². The van der Waals surface area contributed by atoms with Crippen molar-refractivity contribution in [2.75, 3.05) is 0 Å². The molecular weight excluding hydrogens is 240 g/mol. The number of rotatable bonds is 4. The van der Waals surface area contributed by atoms with Gasteiger partial charge in [-0.1, -0.05) is 0 Å². The Morgan fingerprint density at radius 2 is 1.35 bits per heavy atom. The first-order chi connectivity index (χ1) is 7.90. The summed E-state index contributed by atoms with van der Waals surface area (Å²) in [4.78, 5) is 0. The standard InChI is InChI=1S/C11H12F4O2/c1-5(2)17-4-7-10(14)8(12)6(3-16)9(13)11(7)15/h5,16H,3-4H2,1-2H3. The molecule has 0 saturated carbocycles. The van der Waals surface area contributed by atoms with E-state index in [0.717, 1.165) is 0 Å². The highest BCUT2D eigenvalue weighted by Crippen LogP contribution is 2.25. The summed E-state index contributed by atoms with van der Waals surface area (Å²) in [7, 11) is 0. The van der Waals surface area contributed by atoms with Gasteiger partial charge in [-0.15, -0.1) is 0 Å². The van der Waals surface area contributed by atoms with E-state index >= 15 is 0 Å². The number of benzene rings is 1. The molecule has 0 aliphatic rings. The van der Waals surface area contributed by atoms with E-state index in [4.69, 9.17) is 9.84 Å². The first kappa shape index (κ1) is 13.9. The Kier molecular flexibility index (Phi) is 4.47. The molecule has 0 aromatic heterocycles. The van der Waals surface area contributed by atoms with Crippen LogP contribution in [-0.4, -0.2) is 11.2 Å². The van der Waals surface area contributed by atoms with Gasteiger partial charge < -0.3 is 9.84 Å². The Bertz CT molecular complexity index is 389. The summed E-state index contributed by atoms with van der Waals surface area (Å²) >= 11 is 0. The van der Waals surface area contributed by atoms with E-state index in [1.165, 1.54) is 0 Å². The molecule has 0 unspecified atom stereocenters. The summed E-state index contributed by atoms with van der Waals surface area (Å²) in [6, 6.07) is 0. The average molecular weight is 252 g/mol. The molecule has 0 atom stereocenters. The van der Waals surface area contributed by atoms with E-state index < -0.39 is 47.6 Å². The Balaban J connectivity index is 3.23. The van der Waals surface area contributed by atoms with Gasteiger partial charge in [0.15, 0.2) is 23.3 Å². The molecule has 0 amide bonds. The molecule has 0 aliphatic carbocycles. The van der Waals surface area contributed by atoms with Crippen LogP contribution >= 0.6 is 0 Å². The van der Waals surface area contributed by atoms with E-state index in [1.807, 2.05) is 0 Å². The fourth-order valence-corrected chi connectivity index (χ4v) is 1.24. The van der Waals surface area contributed by atoms with Crippen LogP contribution in [0, 0.1) is 23.3 Å². The third-order valence-electron chi connectivity index (χ3n) is 2.16. The summed E-state index contributed by atoms with van der Waals surface area (Å²) < 4.78 is 58.1. The second-order valence-corrected chi connectivity index (χ2v) is 3.73. The van der Waals surface area contributed by atoms with E-state index in [2.05, 4.69) is 0 Å². The van der Waals surface area contributed by atoms with Crippen LogP contribution in [0.25, 0.3) is 0 Å². The van der Waals surface area contributed by atoms with E-state index in [1.54, 1.807) is 13.8 Å². The molecule has 1 rings (SSSR count). The van der Waals surface area contributed by atoms with Gasteiger partial charge in [0.05, 0.1) is 30.4 Å². The van der Waals surface area contributed by atoms with Crippen molar-refractivity contribution in [3.63, 3.8) is 0 Å². The second-order valence-electron chi connectivity index (χ2n) is 3.73. The first-order valence-electron chi connectivity index (χ1n) is 4.96. The number of aliphatic hydroxyl groups excluding tert-OH is 1. The number of hydrogen-bond acceptors (Lipinski definition) is 2. The monoisotopic (exact) mass is 252 g/mol. The third-order valence-corrected chi connectivity index (χ3v) is 2.16. The van der Waals surface area contributed by atoms with Gasteiger partial charge in [0.1, 0.15) is 0 Å². The van der Waals surface area contributed by atoms with Crippen molar-refractivity contribution in [2.45, 2.75) is 33.2 Å². The molecule has 2 nitrogen and oxygen atoms in total. The number of halogens is 4. The second kappa shape index (κ2) is 5.46. The zero-order valence-electron chi connectivity index (χ0n) is 9.36. The predicted molar refractivity (Wildman–Crippen MR) is 52.1 cm³/mol. The van der Waals surface area contributed by atoms with Crippen LogP contribution in [0.3, 0.4) is 0 Å². The Labute approximate surface area is 95.8 Å². The lowest BCUT2D eigenvalue weighted by Gasteiger charge is -2.12. The smallest absolute Gasteiger partial charge is 0.167 e. The average Bonchev–Trinajstić information content (AvgIpc) is 2.27. The lowest BCUT2D eigenvalue weighted by molar-refractivity contribution is 0.0609. The van der Waals surface area contributed by atoms with Gasteiger partial charge in [-0.05, 0) is 13.8 Å². The summed E-state index contributed by atoms with van der Waals surface area (Å²) in [5.41, 5.74) is -1.83. The molecule has 1 aromatic rings. The molecule has 0 saturated heterocycles. The molecule has 0 bridgehead atoms. The van der Waals surface area contributed by atoms with Crippen molar-refractivity contribution in [1.29, 1.82) is 0 Å². The Morgan fingerprint density at radius 1 is 0.941 bits per heavy atom. The largest absolute Gasteiger partial charge is 0.391 e. The predicted octanol–water partition coefficient (Wildman–Crippen LogP) is 2.66. The van der Waals surface area contributed by atoms with E-state index in [-0.39, 0.29) is 6.10 Å². The highest BCUT2D eigenvalue weighted by atomic mass is 19.2. The highest BCUT2D eigenvalue weighted by Gasteiger charge is 2.24. The highest BCUT2D eigenvalue weighted by molar-refractivity contribution is 5.29. The molecule has 0 radical (unpaired) electrons. The number of ether oxygens (including phenoxy) is 1. The van der Waals surface area contributed by atoms with Crippen LogP contribution in [0.15, 0.2) is 0 Å². The molecule has 0 aliphatic heterocycles. The van der Waals surface area contributed by atoms with Crippen molar-refractivity contribution < 1.29 is 27.4 Å². The fourth-order valence-electron chi connectivity index (χ4n) is 1.24. The summed E-state index contributed by atoms with van der Waals surface area (Å²) in [5, 5.41) is 8.61. The summed E-state index contributed by atoms with van der Waals surface area (Å²) in [6.07, 6.45) is -0.336. The fraction of sp³-hybridized carbons (Fsp3) is 0.455. The molecule has 96 valence electrons. The van der Waals surface area contributed by atoms with Crippen molar-refractivity contribution in [3.8, 4) is 0 Å². The maximum Gasteiger partial charge on any atom is 0.167 e. The van der Waals surface area contributed by atoms with Crippen LogP contribution in [-0.2, 0) is 18.0 Å². The molecule has 0 heterocycles. The van der Waals surface area contributed by atoms with Crippen LogP contribution in [0.1, 0.15) is 25.0 Å². The van der Waals surface area contributed by atoms with E-state index in [0.29, 0.717) is 0 Å². The van der Waals surface area contributed by atoms with Gasteiger partial charge in [-0.2, -0.15) is 0 Å². The molecule has 1 aromatic carbocycles. The van der Waals surface area contributed by atoms with Crippen molar-refractivity contribution in [2.24, 2.45) is 0 Å². The lowest BCUT2D eigenvalue weighted by Crippen LogP contribution is -2.12. The molecule has 0 fully saturated rings. The first-order valence-corrected chi connectivity index (χ1v) is 4.96. The maximum absolute atomic E-state index is 13.4. The number of hydrogen-bond donors (Lipinski definition) is 1. The number of aliphatic hydroxyl groups is 1. The normalized spacial score (nSPS) is 11.3. The van der Waals surface area contributed by atoms with Crippen molar-refractivity contribution >= 4 is 0 Å². The quantitative estimate of drug-likeness (QED) is 0.659. The maximum atomic E-state index is 13.4. The minimum absolute atomic E-state index is 0.336. The van der Waals surface area contributed by atoms with Crippen LogP contribution < -0.4 is 0 Å². The van der Waals surface area contributed by atoms with Gasteiger partial charge in [-0.3, -0.25) is 0 Å². The van der Waals surface area contributed by atoms with Crippen LogP contribution in [0.4, 0.5) is 17.6 Å². The van der Waals surface area contributed by atoms with Gasteiger partial charge in [-0.25, -0.2) is 17.6 Å². The zero-order chi connectivity index (χ0) is 13.2. The summed E-state index contributed by atoms with van der Waals surface area (Å²) in [6.45, 7) is 1.54. The zero-order valence-corrected chi connectivity index (χ0v) is 9.36. The molecule has 6 heteroatoms. The summed E-state index contributed by atoms with van der Waals surface area (Å²) in [5.74, 6) is -6.25. The van der Waals surface area contributed by atoms with Gasteiger partial charge in [0.25, 0.3) is 0 Å². The molecule has 0 spiro atoms. The van der Waals surface area contributed by atoms with Crippen LogP contribution in [0.2, 0.25) is 0 Å². The van der Waals surface area contributed by atoms with E-state index in [9.17, 15) is 17.6 Å². The third kappa shape index (κ3) is 2.76.